The normalized spacial score (nSPS) is 46.0. The van der Waals surface area contributed by atoms with Gasteiger partial charge in [-0.25, -0.2) is 0 Å². The summed E-state index contributed by atoms with van der Waals surface area (Å²) in [7, 11) is 0. The summed E-state index contributed by atoms with van der Waals surface area (Å²) in [4.78, 5) is 24.1. The van der Waals surface area contributed by atoms with Gasteiger partial charge in [0.25, 0.3) is 0 Å². The molecule has 3 heteroatoms. The van der Waals surface area contributed by atoms with Crippen LogP contribution in [0.3, 0.4) is 0 Å². The number of carbonyl (C=O) groups excluding carboxylic acids is 2. The van der Waals surface area contributed by atoms with Gasteiger partial charge in [-0.05, 0) is 86.4 Å². The van der Waals surface area contributed by atoms with E-state index in [-0.39, 0.29) is 28.8 Å². The van der Waals surface area contributed by atoms with Gasteiger partial charge in [0, 0.05) is 19.3 Å². The van der Waals surface area contributed by atoms with E-state index in [4.69, 9.17) is 4.74 Å². The average molecular weight is 399 g/mol. The van der Waals surface area contributed by atoms with Crippen molar-refractivity contribution in [2.24, 2.45) is 40.4 Å². The predicted molar refractivity (Wildman–Crippen MR) is 115 cm³/mol. The molecule has 0 bridgehead atoms. The molecule has 0 aromatic carbocycles. The number of ketones is 1. The number of hydrogen-bond donors (Lipinski definition) is 0. The molecule has 0 N–H and O–H groups in total. The van der Waals surface area contributed by atoms with E-state index in [1.54, 1.807) is 0 Å². The zero-order valence-electron chi connectivity index (χ0n) is 18.7. The molecule has 0 aromatic rings. The molecule has 0 radical (unpaired) electrons. The molecular formula is C26H38O3. The second-order valence-electron chi connectivity index (χ2n) is 10.9. The maximum absolute atomic E-state index is 12.7. The van der Waals surface area contributed by atoms with Crippen molar-refractivity contribution in [1.82, 2.24) is 0 Å². The average Bonchev–Trinajstić information content (AvgIpc) is 2.94. The summed E-state index contributed by atoms with van der Waals surface area (Å²) >= 11 is 0. The molecule has 0 saturated heterocycles. The van der Waals surface area contributed by atoms with Crippen molar-refractivity contribution in [2.75, 3.05) is 0 Å². The molecule has 0 unspecified atom stereocenters. The van der Waals surface area contributed by atoms with Crippen LogP contribution in [0.15, 0.2) is 24.3 Å². The first-order valence-electron chi connectivity index (χ1n) is 11.7. The van der Waals surface area contributed by atoms with Crippen LogP contribution in [0.5, 0.6) is 0 Å². The van der Waals surface area contributed by atoms with Gasteiger partial charge in [-0.3, -0.25) is 9.59 Å². The van der Waals surface area contributed by atoms with E-state index >= 15 is 0 Å². The van der Waals surface area contributed by atoms with Gasteiger partial charge in [-0.2, -0.15) is 0 Å². The molecule has 3 fully saturated rings. The van der Waals surface area contributed by atoms with Gasteiger partial charge < -0.3 is 4.74 Å². The zero-order chi connectivity index (χ0) is 21.0. The van der Waals surface area contributed by atoms with Crippen molar-refractivity contribution >= 4 is 11.8 Å². The van der Waals surface area contributed by atoms with Crippen LogP contribution in [0, 0.1) is 40.4 Å². The molecule has 4 aliphatic rings. The lowest BCUT2D eigenvalue weighted by Gasteiger charge is -2.58. The van der Waals surface area contributed by atoms with Crippen LogP contribution in [0.4, 0.5) is 0 Å². The molecule has 29 heavy (non-hydrogen) atoms. The molecule has 3 nitrogen and oxygen atoms in total. The SMILES string of the molecule is C=CC[C@@H]1C[C@H]2[C@@H]3CC=C4C[C@@H](OC(C)=O)CC[C@]4(C)[C@H]3CC[C@]2(C)[C@H]1C(C)=O. The van der Waals surface area contributed by atoms with Gasteiger partial charge >= 0.3 is 5.97 Å². The summed E-state index contributed by atoms with van der Waals surface area (Å²) in [6, 6.07) is 0. The number of ether oxygens (including phenoxy) is 1. The molecule has 3 saturated carbocycles. The van der Waals surface area contributed by atoms with Crippen LogP contribution in [0.1, 0.15) is 79.1 Å². The van der Waals surface area contributed by atoms with E-state index in [0.29, 0.717) is 29.5 Å². The van der Waals surface area contributed by atoms with Crippen molar-refractivity contribution in [3.05, 3.63) is 24.3 Å². The fraction of sp³-hybridized carbons (Fsp3) is 0.769. The molecule has 4 aliphatic carbocycles. The Morgan fingerprint density at radius 3 is 2.62 bits per heavy atom. The van der Waals surface area contributed by atoms with Crippen LogP contribution in [-0.2, 0) is 14.3 Å². The lowest BCUT2D eigenvalue weighted by molar-refractivity contribution is -0.149. The Morgan fingerprint density at radius 1 is 1.21 bits per heavy atom. The highest BCUT2D eigenvalue weighted by Crippen LogP contribution is 2.67. The minimum Gasteiger partial charge on any atom is -0.462 e. The number of esters is 1. The highest BCUT2D eigenvalue weighted by atomic mass is 16.5. The van der Waals surface area contributed by atoms with E-state index in [0.717, 1.165) is 32.1 Å². The lowest BCUT2D eigenvalue weighted by Crippen LogP contribution is -2.51. The highest BCUT2D eigenvalue weighted by Gasteiger charge is 2.61. The largest absolute Gasteiger partial charge is 0.462 e. The molecule has 4 rings (SSSR count). The van der Waals surface area contributed by atoms with E-state index in [9.17, 15) is 9.59 Å². The van der Waals surface area contributed by atoms with Crippen molar-refractivity contribution < 1.29 is 14.3 Å². The third-order valence-corrected chi connectivity index (χ3v) is 9.47. The minimum absolute atomic E-state index is 0.0581. The third-order valence-electron chi connectivity index (χ3n) is 9.47. The van der Waals surface area contributed by atoms with E-state index in [2.05, 4.69) is 26.5 Å². The Labute approximate surface area is 176 Å². The van der Waals surface area contributed by atoms with E-state index in [1.807, 2.05) is 13.0 Å². The van der Waals surface area contributed by atoms with E-state index in [1.165, 1.54) is 31.8 Å². The minimum atomic E-state index is -0.157. The molecule has 160 valence electrons. The van der Waals surface area contributed by atoms with Crippen LogP contribution >= 0.6 is 0 Å². The first-order valence-corrected chi connectivity index (χ1v) is 11.7. The van der Waals surface area contributed by atoms with Crippen LogP contribution in [0.25, 0.3) is 0 Å². The van der Waals surface area contributed by atoms with Gasteiger partial charge in [-0.15, -0.1) is 6.58 Å². The molecule has 0 amide bonds. The van der Waals surface area contributed by atoms with Crippen molar-refractivity contribution in [3.63, 3.8) is 0 Å². The van der Waals surface area contributed by atoms with Gasteiger partial charge in [-0.1, -0.05) is 31.6 Å². The molecule has 0 aliphatic heterocycles. The quantitative estimate of drug-likeness (QED) is 0.438. The fourth-order valence-electron chi connectivity index (χ4n) is 8.38. The lowest BCUT2D eigenvalue weighted by atomic mass is 9.47. The van der Waals surface area contributed by atoms with Gasteiger partial charge in [0.1, 0.15) is 11.9 Å². The maximum Gasteiger partial charge on any atom is 0.302 e. The molecule has 0 spiro atoms. The maximum atomic E-state index is 12.7. The van der Waals surface area contributed by atoms with Crippen LogP contribution < -0.4 is 0 Å². The summed E-state index contributed by atoms with van der Waals surface area (Å²) in [6.07, 6.45) is 13.3. The first kappa shape index (κ1) is 20.9. The number of Topliss-reactive ketones (excluding diaryl/α,β-unsaturated/α-hetero) is 1. The van der Waals surface area contributed by atoms with Gasteiger partial charge in [0.2, 0.25) is 0 Å². The number of fused-ring (bicyclic) bond motifs is 5. The summed E-state index contributed by atoms with van der Waals surface area (Å²) in [5.41, 5.74) is 1.92. The Bertz CT molecular complexity index is 736. The first-order chi connectivity index (χ1) is 13.7. The van der Waals surface area contributed by atoms with Gasteiger partial charge in [0.05, 0.1) is 0 Å². The predicted octanol–water partition coefficient (Wildman–Crippen LogP) is 5.89. The van der Waals surface area contributed by atoms with Gasteiger partial charge in [0.15, 0.2) is 0 Å². The topological polar surface area (TPSA) is 43.4 Å². The Hall–Kier alpha value is -1.38. The molecule has 0 heterocycles. The fourth-order valence-corrected chi connectivity index (χ4v) is 8.38. The van der Waals surface area contributed by atoms with Crippen LogP contribution in [-0.4, -0.2) is 17.9 Å². The summed E-state index contributed by atoms with van der Waals surface area (Å²) in [5.74, 6) is 2.93. The summed E-state index contributed by atoms with van der Waals surface area (Å²) in [5, 5.41) is 0. The summed E-state index contributed by atoms with van der Waals surface area (Å²) in [6.45, 7) is 12.2. The highest BCUT2D eigenvalue weighted by molar-refractivity contribution is 5.80. The zero-order valence-corrected chi connectivity index (χ0v) is 18.7. The second-order valence-corrected chi connectivity index (χ2v) is 10.9. The number of hydrogen-bond acceptors (Lipinski definition) is 3. The molecular weight excluding hydrogens is 360 g/mol. The van der Waals surface area contributed by atoms with E-state index < -0.39 is 0 Å². The Balaban J connectivity index is 1.61. The van der Waals surface area contributed by atoms with Crippen molar-refractivity contribution in [3.8, 4) is 0 Å². The Morgan fingerprint density at radius 2 is 1.97 bits per heavy atom. The standard InChI is InChI=1S/C26H38O3/c1-6-7-18-14-23-21-9-8-19-15-20(29-17(3)28)10-12-25(19,4)22(21)11-13-26(23,5)24(18)16(2)27/h6,8,18,20-24H,1,7,9-15H2,2-5H3/t18-,20+,21-,22+,23+,24+,25+,26+/m1/s1. The van der Waals surface area contributed by atoms with Crippen LogP contribution in [0.2, 0.25) is 0 Å². The van der Waals surface area contributed by atoms with Crippen molar-refractivity contribution in [2.45, 2.75) is 85.2 Å². The molecule has 8 atom stereocenters. The monoisotopic (exact) mass is 398 g/mol. The smallest absolute Gasteiger partial charge is 0.302 e. The molecule has 0 aromatic heterocycles. The third kappa shape index (κ3) is 3.24. The summed E-state index contributed by atoms with van der Waals surface area (Å²) < 4.78 is 5.56. The Kier molecular flexibility index (Phi) is 5.32. The second kappa shape index (κ2) is 7.39. The number of carbonyl (C=O) groups is 2. The number of rotatable bonds is 4. The number of allylic oxidation sites excluding steroid dienone is 2. The van der Waals surface area contributed by atoms with Crippen molar-refractivity contribution in [1.29, 1.82) is 0 Å².